The molecule has 0 radical (unpaired) electrons. The predicted molar refractivity (Wildman–Crippen MR) is 178 cm³/mol. The molecule has 0 N–H and O–H groups in total. The summed E-state index contributed by atoms with van der Waals surface area (Å²) >= 11 is 6.71. The second-order valence-corrected chi connectivity index (χ2v) is 12.4. The molecule has 6 nitrogen and oxygen atoms in total. The van der Waals surface area contributed by atoms with E-state index in [1.54, 1.807) is 13.2 Å². The molecule has 0 aliphatic carbocycles. The van der Waals surface area contributed by atoms with Gasteiger partial charge in [-0.25, -0.2) is 0 Å². The largest absolute Gasteiger partial charge is 1.00 e. The standard InChI is InChI=1S/C37H44ClN2O4.BrH/c1-6-40(7-2,24-28-19-26(3)18-27(4)20-28)17-11-10-16-39(23-30-21-34-35(22-32(30)38)44-25-43-34)37(41)36-31-13-9-8-12-29(31)14-15-33(36)42-5;/h8-9,12-15,18-22H,6-7,10-11,16-17,23-25H2,1-5H3;1H/q+1;/p-1. The quantitative estimate of drug-likeness (QED) is 0.140. The number of unbranched alkanes of at least 4 members (excludes halogenated alkanes) is 1. The Morgan fingerprint density at radius 1 is 0.933 bits per heavy atom. The average Bonchev–Trinajstić information content (AvgIpc) is 3.47. The lowest BCUT2D eigenvalue weighted by atomic mass is 10.0. The van der Waals surface area contributed by atoms with Crippen LogP contribution in [0.5, 0.6) is 17.2 Å². The number of carbonyl (C=O) groups is 1. The Kier molecular flexibility index (Phi) is 11.8. The van der Waals surface area contributed by atoms with Crippen LogP contribution in [-0.4, -0.2) is 55.4 Å². The van der Waals surface area contributed by atoms with Crippen molar-refractivity contribution in [2.45, 2.75) is 53.6 Å². The van der Waals surface area contributed by atoms with Gasteiger partial charge >= 0.3 is 0 Å². The van der Waals surface area contributed by atoms with E-state index in [-0.39, 0.29) is 29.7 Å². The zero-order valence-corrected chi connectivity index (χ0v) is 29.3. The van der Waals surface area contributed by atoms with Crippen molar-refractivity contribution >= 4 is 28.3 Å². The van der Waals surface area contributed by atoms with Crippen LogP contribution in [0.1, 0.15) is 59.3 Å². The maximum absolute atomic E-state index is 14.4. The molecule has 0 saturated heterocycles. The van der Waals surface area contributed by atoms with E-state index in [4.69, 9.17) is 25.8 Å². The molecule has 5 rings (SSSR count). The molecule has 1 amide bonds. The number of quaternary nitrogens is 1. The highest BCUT2D eigenvalue weighted by molar-refractivity contribution is 6.31. The van der Waals surface area contributed by atoms with Gasteiger partial charge in [0.1, 0.15) is 12.3 Å². The molecule has 0 atom stereocenters. The number of carbonyl (C=O) groups excluding carboxylic acids is 1. The third kappa shape index (κ3) is 7.94. The molecular formula is C37H44BrClN2O4. The SMILES string of the molecule is CC[N+](CC)(CCCCN(Cc1cc2c(cc1Cl)OCO2)C(=O)c1c(OC)ccc2ccccc12)Cc1cc(C)cc(C)c1.[Br-]. The van der Waals surface area contributed by atoms with E-state index >= 15 is 0 Å². The van der Waals surface area contributed by atoms with Crippen molar-refractivity contribution in [3.05, 3.63) is 99.6 Å². The summed E-state index contributed by atoms with van der Waals surface area (Å²) in [5.41, 5.74) is 5.41. The number of hydrogen-bond acceptors (Lipinski definition) is 4. The molecule has 4 aromatic rings. The van der Waals surface area contributed by atoms with E-state index in [0.29, 0.717) is 40.9 Å². The number of amides is 1. The first-order valence-electron chi connectivity index (χ1n) is 15.6. The zero-order chi connectivity index (χ0) is 31.3. The highest BCUT2D eigenvalue weighted by atomic mass is 79.9. The summed E-state index contributed by atoms with van der Waals surface area (Å²) in [5, 5.41) is 2.43. The Labute approximate surface area is 283 Å². The summed E-state index contributed by atoms with van der Waals surface area (Å²) in [6, 6.07) is 22.4. The van der Waals surface area contributed by atoms with Crippen molar-refractivity contribution < 1.29 is 40.5 Å². The van der Waals surface area contributed by atoms with E-state index in [1.807, 2.05) is 47.4 Å². The predicted octanol–water partition coefficient (Wildman–Crippen LogP) is 5.33. The number of fused-ring (bicyclic) bond motifs is 2. The minimum absolute atomic E-state index is 0. The molecule has 1 heterocycles. The van der Waals surface area contributed by atoms with E-state index in [1.165, 1.54) is 16.7 Å². The van der Waals surface area contributed by atoms with Gasteiger partial charge in [0.15, 0.2) is 11.5 Å². The van der Waals surface area contributed by atoms with Crippen LogP contribution in [0.3, 0.4) is 0 Å². The molecule has 1 aliphatic heterocycles. The van der Waals surface area contributed by atoms with Crippen molar-refractivity contribution in [2.24, 2.45) is 0 Å². The monoisotopic (exact) mass is 694 g/mol. The fourth-order valence-electron chi connectivity index (χ4n) is 6.48. The summed E-state index contributed by atoms with van der Waals surface area (Å²) in [5.74, 6) is 1.77. The molecule has 8 heteroatoms. The number of nitrogens with zero attached hydrogens (tertiary/aromatic N) is 2. The summed E-state index contributed by atoms with van der Waals surface area (Å²) in [7, 11) is 1.61. The zero-order valence-electron chi connectivity index (χ0n) is 27.0. The Morgan fingerprint density at radius 2 is 1.62 bits per heavy atom. The molecule has 0 spiro atoms. The molecule has 0 unspecified atom stereocenters. The van der Waals surface area contributed by atoms with E-state index in [2.05, 4.69) is 45.9 Å². The van der Waals surface area contributed by atoms with Crippen LogP contribution < -0.4 is 31.2 Å². The van der Waals surface area contributed by atoms with Gasteiger partial charge < -0.3 is 40.6 Å². The maximum Gasteiger partial charge on any atom is 0.258 e. The fraction of sp³-hybridized carbons (Fsp3) is 0.378. The van der Waals surface area contributed by atoms with Gasteiger partial charge in [-0.05, 0) is 69.0 Å². The number of methoxy groups -OCH3 is 1. The number of ether oxygens (including phenoxy) is 3. The number of rotatable bonds is 13. The average molecular weight is 696 g/mol. The third-order valence-electron chi connectivity index (χ3n) is 8.97. The number of benzene rings is 4. The minimum Gasteiger partial charge on any atom is -1.00 e. The van der Waals surface area contributed by atoms with Gasteiger partial charge in [0.2, 0.25) is 6.79 Å². The fourth-order valence-corrected chi connectivity index (χ4v) is 6.69. The van der Waals surface area contributed by atoms with E-state index in [9.17, 15) is 4.79 Å². The third-order valence-corrected chi connectivity index (χ3v) is 9.32. The van der Waals surface area contributed by atoms with Crippen LogP contribution in [0.4, 0.5) is 0 Å². The van der Waals surface area contributed by atoms with Gasteiger partial charge in [0.25, 0.3) is 5.91 Å². The molecular weight excluding hydrogens is 652 g/mol. The molecule has 45 heavy (non-hydrogen) atoms. The van der Waals surface area contributed by atoms with Crippen molar-refractivity contribution in [2.75, 3.05) is 40.1 Å². The Morgan fingerprint density at radius 3 is 2.31 bits per heavy atom. The van der Waals surface area contributed by atoms with Crippen LogP contribution in [-0.2, 0) is 13.1 Å². The molecule has 240 valence electrons. The summed E-state index contributed by atoms with van der Waals surface area (Å²) in [4.78, 5) is 16.3. The van der Waals surface area contributed by atoms with Crippen molar-refractivity contribution in [3.63, 3.8) is 0 Å². The van der Waals surface area contributed by atoms with Crippen LogP contribution >= 0.6 is 11.6 Å². The minimum atomic E-state index is -0.0747. The molecule has 0 bridgehead atoms. The van der Waals surface area contributed by atoms with Gasteiger partial charge in [-0.3, -0.25) is 4.79 Å². The van der Waals surface area contributed by atoms with Crippen molar-refractivity contribution in [3.8, 4) is 17.2 Å². The molecule has 1 aliphatic rings. The summed E-state index contributed by atoms with van der Waals surface area (Å²) < 4.78 is 17.9. The van der Waals surface area contributed by atoms with Crippen molar-refractivity contribution in [1.29, 1.82) is 0 Å². The van der Waals surface area contributed by atoms with Crippen LogP contribution in [0.2, 0.25) is 5.02 Å². The highest BCUT2D eigenvalue weighted by Crippen LogP contribution is 2.38. The molecule has 0 aromatic heterocycles. The second kappa shape index (κ2) is 15.4. The second-order valence-electron chi connectivity index (χ2n) is 11.9. The van der Waals surface area contributed by atoms with Crippen LogP contribution in [0, 0.1) is 13.8 Å². The van der Waals surface area contributed by atoms with Gasteiger partial charge in [-0.15, -0.1) is 0 Å². The maximum atomic E-state index is 14.4. The first kappa shape index (κ1) is 34.6. The Hall–Kier alpha value is -3.26. The lowest BCUT2D eigenvalue weighted by Gasteiger charge is -2.37. The van der Waals surface area contributed by atoms with Gasteiger partial charge in [-0.1, -0.05) is 71.3 Å². The smallest absolute Gasteiger partial charge is 0.258 e. The normalized spacial score (nSPS) is 12.2. The van der Waals surface area contributed by atoms with Gasteiger partial charge in [-0.2, -0.15) is 0 Å². The van der Waals surface area contributed by atoms with Crippen molar-refractivity contribution in [1.82, 2.24) is 4.90 Å². The lowest BCUT2D eigenvalue weighted by Crippen LogP contribution is -3.00. The van der Waals surface area contributed by atoms with E-state index < -0.39 is 0 Å². The topological polar surface area (TPSA) is 48.0 Å². The lowest BCUT2D eigenvalue weighted by molar-refractivity contribution is -0.938. The van der Waals surface area contributed by atoms with Crippen LogP contribution in [0.25, 0.3) is 10.8 Å². The molecule has 0 saturated carbocycles. The number of aryl methyl sites for hydroxylation is 2. The molecule has 4 aromatic carbocycles. The summed E-state index contributed by atoms with van der Waals surface area (Å²) in [6.07, 6.45) is 1.87. The van der Waals surface area contributed by atoms with Crippen LogP contribution in [0.15, 0.2) is 66.7 Å². The van der Waals surface area contributed by atoms with E-state index in [0.717, 1.165) is 59.8 Å². The first-order valence-corrected chi connectivity index (χ1v) is 16.0. The first-order chi connectivity index (χ1) is 21.3. The Balaban J connectivity index is 0.00000461. The van der Waals surface area contributed by atoms with Gasteiger partial charge in [0.05, 0.1) is 32.3 Å². The summed E-state index contributed by atoms with van der Waals surface area (Å²) in [6.45, 7) is 14.2. The van der Waals surface area contributed by atoms with Gasteiger partial charge in [0, 0.05) is 29.7 Å². The Bertz CT molecular complexity index is 1620. The number of hydrogen-bond donors (Lipinski definition) is 0. The highest BCUT2D eigenvalue weighted by Gasteiger charge is 2.27. The number of halogens is 2. The molecule has 0 fully saturated rings.